The quantitative estimate of drug-likeness (QED) is 0.526. The van der Waals surface area contributed by atoms with Crippen LogP contribution < -0.4 is 4.43 Å². The van der Waals surface area contributed by atoms with Crippen LogP contribution in [0.4, 0.5) is 0 Å². The van der Waals surface area contributed by atoms with Gasteiger partial charge in [0.25, 0.3) is 0 Å². The Kier molecular flexibility index (Phi) is 6.56. The molecule has 0 aliphatic rings. The van der Waals surface area contributed by atoms with E-state index in [1.54, 1.807) is 0 Å². The third-order valence-corrected chi connectivity index (χ3v) is 14.7. The minimum Gasteiger partial charge on any atom is -0.544 e. The SMILES string of the molecule is CC(C)(C)[Si](C)(C)OCCc1ccc(O[Si](C)(C)C(C)(C)C)cc1. The van der Waals surface area contributed by atoms with Crippen molar-refractivity contribution in [2.24, 2.45) is 0 Å². The van der Waals surface area contributed by atoms with Crippen molar-refractivity contribution >= 4 is 16.6 Å². The maximum atomic E-state index is 6.34. The highest BCUT2D eigenvalue weighted by molar-refractivity contribution is 6.75. The van der Waals surface area contributed by atoms with Crippen LogP contribution in [0.3, 0.4) is 0 Å². The zero-order valence-electron chi connectivity index (χ0n) is 17.5. The topological polar surface area (TPSA) is 18.5 Å². The smallest absolute Gasteiger partial charge is 0.250 e. The molecule has 1 rings (SSSR count). The van der Waals surface area contributed by atoms with Gasteiger partial charge in [0, 0.05) is 6.61 Å². The molecule has 2 nitrogen and oxygen atoms in total. The highest BCUT2D eigenvalue weighted by Gasteiger charge is 2.39. The molecule has 0 aromatic heterocycles. The zero-order chi connectivity index (χ0) is 18.8. The van der Waals surface area contributed by atoms with Crippen LogP contribution in [0.25, 0.3) is 0 Å². The molecular weight excluding hydrogens is 328 g/mol. The molecule has 0 saturated heterocycles. The van der Waals surface area contributed by atoms with E-state index in [2.05, 4.69) is 92.0 Å². The Morgan fingerprint density at radius 1 is 0.750 bits per heavy atom. The molecule has 0 aliphatic carbocycles. The van der Waals surface area contributed by atoms with E-state index in [0.717, 1.165) is 18.8 Å². The van der Waals surface area contributed by atoms with E-state index in [-0.39, 0.29) is 10.1 Å². The lowest BCUT2D eigenvalue weighted by Crippen LogP contribution is -2.43. The number of rotatable bonds is 6. The minimum atomic E-state index is -1.75. The van der Waals surface area contributed by atoms with Gasteiger partial charge in [-0.2, -0.15) is 0 Å². The predicted octanol–water partition coefficient (Wildman–Crippen LogP) is 6.63. The number of benzene rings is 1. The predicted molar refractivity (Wildman–Crippen MR) is 111 cm³/mol. The zero-order valence-corrected chi connectivity index (χ0v) is 19.5. The molecular formula is C20H38O2Si2. The van der Waals surface area contributed by atoms with Crippen LogP contribution in [0, 0.1) is 0 Å². The van der Waals surface area contributed by atoms with Crippen LogP contribution in [-0.2, 0) is 10.8 Å². The average molecular weight is 367 g/mol. The normalized spacial score (nSPS) is 13.9. The van der Waals surface area contributed by atoms with Crippen molar-refractivity contribution < 1.29 is 8.85 Å². The molecule has 0 N–H and O–H groups in total. The molecule has 4 heteroatoms. The Balaban J connectivity index is 2.60. The van der Waals surface area contributed by atoms with Crippen molar-refractivity contribution in [3.8, 4) is 5.75 Å². The first kappa shape index (κ1) is 21.5. The largest absolute Gasteiger partial charge is 0.544 e. The fourth-order valence-electron chi connectivity index (χ4n) is 1.81. The summed E-state index contributed by atoms with van der Waals surface area (Å²) in [5.41, 5.74) is 1.32. The van der Waals surface area contributed by atoms with Crippen LogP contribution in [0.5, 0.6) is 5.75 Å². The molecule has 0 unspecified atom stereocenters. The van der Waals surface area contributed by atoms with Crippen molar-refractivity contribution in [3.05, 3.63) is 29.8 Å². The molecule has 0 spiro atoms. The number of hydrogen-bond acceptors (Lipinski definition) is 2. The Bertz CT molecular complexity index is 520. The van der Waals surface area contributed by atoms with E-state index >= 15 is 0 Å². The van der Waals surface area contributed by atoms with Gasteiger partial charge in [0.2, 0.25) is 8.32 Å². The lowest BCUT2D eigenvalue weighted by atomic mass is 10.2. The fraction of sp³-hybridized carbons (Fsp3) is 0.700. The van der Waals surface area contributed by atoms with Gasteiger partial charge in [0.15, 0.2) is 8.32 Å². The first-order valence-electron chi connectivity index (χ1n) is 9.08. The molecule has 0 radical (unpaired) electrons. The van der Waals surface area contributed by atoms with Gasteiger partial charge >= 0.3 is 0 Å². The molecule has 0 aliphatic heterocycles. The van der Waals surface area contributed by atoms with E-state index in [1.807, 2.05) is 0 Å². The molecule has 0 fully saturated rings. The molecule has 0 saturated carbocycles. The Morgan fingerprint density at radius 2 is 1.21 bits per heavy atom. The standard InChI is InChI=1S/C20H38O2Si2/c1-19(2,3)23(7,8)21-16-15-17-11-13-18(14-12-17)22-24(9,10)20(4,5)6/h11-14H,15-16H2,1-10H3. The van der Waals surface area contributed by atoms with Gasteiger partial charge in [-0.15, -0.1) is 0 Å². The van der Waals surface area contributed by atoms with Gasteiger partial charge in [-0.05, 0) is 60.4 Å². The number of hydrogen-bond donors (Lipinski definition) is 0. The van der Waals surface area contributed by atoms with Gasteiger partial charge in [0.05, 0.1) is 0 Å². The van der Waals surface area contributed by atoms with E-state index in [4.69, 9.17) is 8.85 Å². The van der Waals surface area contributed by atoms with Crippen molar-refractivity contribution in [3.63, 3.8) is 0 Å². The highest BCUT2D eigenvalue weighted by Crippen LogP contribution is 2.38. The molecule has 0 heterocycles. The summed E-state index contributed by atoms with van der Waals surface area (Å²) in [6.45, 7) is 23.7. The summed E-state index contributed by atoms with van der Waals surface area (Å²) in [5, 5.41) is 0.497. The summed E-state index contributed by atoms with van der Waals surface area (Å²) in [7, 11) is -3.40. The minimum absolute atomic E-state index is 0.225. The fourth-order valence-corrected chi connectivity index (χ4v) is 3.89. The Labute approximate surface area is 152 Å². The van der Waals surface area contributed by atoms with Gasteiger partial charge in [0.1, 0.15) is 5.75 Å². The van der Waals surface area contributed by atoms with E-state index in [1.165, 1.54) is 5.56 Å². The van der Waals surface area contributed by atoms with Gasteiger partial charge < -0.3 is 8.85 Å². The Morgan fingerprint density at radius 3 is 1.62 bits per heavy atom. The van der Waals surface area contributed by atoms with Crippen molar-refractivity contribution in [2.75, 3.05) is 6.61 Å². The third kappa shape index (κ3) is 5.74. The van der Waals surface area contributed by atoms with Crippen LogP contribution in [0.1, 0.15) is 47.1 Å². The monoisotopic (exact) mass is 366 g/mol. The molecule has 0 amide bonds. The molecule has 24 heavy (non-hydrogen) atoms. The first-order chi connectivity index (χ1) is 10.7. The van der Waals surface area contributed by atoms with E-state index < -0.39 is 16.6 Å². The van der Waals surface area contributed by atoms with Crippen LogP contribution >= 0.6 is 0 Å². The molecule has 138 valence electrons. The maximum Gasteiger partial charge on any atom is 0.250 e. The van der Waals surface area contributed by atoms with E-state index in [0.29, 0.717) is 0 Å². The van der Waals surface area contributed by atoms with Crippen LogP contribution in [-0.4, -0.2) is 23.2 Å². The molecule has 0 bridgehead atoms. The molecule has 1 aromatic rings. The summed E-state index contributed by atoms with van der Waals surface area (Å²) in [6.07, 6.45) is 0.965. The van der Waals surface area contributed by atoms with Gasteiger partial charge in [-0.3, -0.25) is 0 Å². The van der Waals surface area contributed by atoms with Crippen molar-refractivity contribution in [1.82, 2.24) is 0 Å². The molecule has 1 aromatic carbocycles. The first-order valence-corrected chi connectivity index (χ1v) is 14.9. The maximum absolute atomic E-state index is 6.34. The second-order valence-corrected chi connectivity index (χ2v) is 19.4. The van der Waals surface area contributed by atoms with Crippen LogP contribution in [0.15, 0.2) is 24.3 Å². The van der Waals surface area contributed by atoms with Crippen molar-refractivity contribution in [2.45, 2.75) is 84.2 Å². The second-order valence-electron chi connectivity index (χ2n) is 9.87. The summed E-state index contributed by atoms with van der Waals surface area (Å²) in [6, 6.07) is 8.58. The third-order valence-electron chi connectivity index (χ3n) is 5.76. The molecule has 0 atom stereocenters. The van der Waals surface area contributed by atoms with Crippen LogP contribution in [0.2, 0.25) is 36.3 Å². The summed E-state index contributed by atoms with van der Waals surface area (Å²) >= 11 is 0. The Hall–Kier alpha value is -0.586. The summed E-state index contributed by atoms with van der Waals surface area (Å²) in [5.74, 6) is 0.996. The average Bonchev–Trinajstić information content (AvgIpc) is 2.37. The van der Waals surface area contributed by atoms with Gasteiger partial charge in [-0.1, -0.05) is 53.7 Å². The van der Waals surface area contributed by atoms with Gasteiger partial charge in [-0.25, -0.2) is 0 Å². The summed E-state index contributed by atoms with van der Waals surface area (Å²) < 4.78 is 12.6. The lowest BCUT2D eigenvalue weighted by Gasteiger charge is -2.36. The lowest BCUT2D eigenvalue weighted by molar-refractivity contribution is 0.292. The van der Waals surface area contributed by atoms with E-state index in [9.17, 15) is 0 Å². The van der Waals surface area contributed by atoms with Crippen molar-refractivity contribution in [1.29, 1.82) is 0 Å². The summed E-state index contributed by atoms with van der Waals surface area (Å²) in [4.78, 5) is 0. The second kappa shape index (κ2) is 7.34. The highest BCUT2D eigenvalue weighted by atomic mass is 28.4.